The van der Waals surface area contributed by atoms with Crippen molar-refractivity contribution in [2.75, 3.05) is 37.7 Å². The molecule has 0 saturated carbocycles. The van der Waals surface area contributed by atoms with Gasteiger partial charge in [-0.2, -0.15) is 4.31 Å². The van der Waals surface area contributed by atoms with Crippen LogP contribution in [-0.2, 0) is 19.6 Å². The number of amides is 1. The van der Waals surface area contributed by atoms with Gasteiger partial charge in [0.25, 0.3) is 0 Å². The summed E-state index contributed by atoms with van der Waals surface area (Å²) in [7, 11) is -3.84. The maximum Gasteiger partial charge on any atom is 0.243 e. The van der Waals surface area contributed by atoms with Gasteiger partial charge in [-0.3, -0.25) is 9.69 Å². The van der Waals surface area contributed by atoms with Crippen molar-refractivity contribution in [1.29, 1.82) is 0 Å². The maximum atomic E-state index is 13.9. The number of halogens is 1. The largest absolute Gasteiger partial charge is 0.494 e. The summed E-state index contributed by atoms with van der Waals surface area (Å²) in [6.45, 7) is 3.90. The first kappa shape index (κ1) is 26.0. The first-order chi connectivity index (χ1) is 17.8. The Hall–Kier alpha value is -2.60. The number of aromatic nitrogens is 1. The van der Waals surface area contributed by atoms with Crippen LogP contribution in [0.3, 0.4) is 0 Å². The number of carbonyl (C=O) groups is 1. The number of nitrogens with zero attached hydrogens (tertiary/aromatic N) is 3. The van der Waals surface area contributed by atoms with Crippen molar-refractivity contribution in [3.63, 3.8) is 0 Å². The molecule has 0 N–H and O–H groups in total. The molecule has 2 unspecified atom stereocenters. The normalized spacial score (nSPS) is 20.8. The van der Waals surface area contributed by atoms with Gasteiger partial charge in [0.05, 0.1) is 40.3 Å². The number of ether oxygens (including phenoxy) is 2. The van der Waals surface area contributed by atoms with Gasteiger partial charge in [0.15, 0.2) is 5.13 Å². The lowest BCUT2D eigenvalue weighted by molar-refractivity contribution is -0.123. The van der Waals surface area contributed by atoms with Crippen LogP contribution in [0.4, 0.5) is 9.52 Å². The number of anilines is 1. The number of hydrogen-bond donors (Lipinski definition) is 0. The Labute approximate surface area is 220 Å². The summed E-state index contributed by atoms with van der Waals surface area (Å²) in [5.74, 6) is -0.425. The van der Waals surface area contributed by atoms with E-state index >= 15 is 0 Å². The van der Waals surface area contributed by atoms with Crippen LogP contribution in [0.25, 0.3) is 10.2 Å². The molecule has 37 heavy (non-hydrogen) atoms. The number of carbonyl (C=O) groups excluding carboxylic acids is 1. The molecule has 2 saturated heterocycles. The van der Waals surface area contributed by atoms with Crippen molar-refractivity contribution < 1.29 is 27.1 Å². The van der Waals surface area contributed by atoms with E-state index in [1.54, 1.807) is 4.90 Å². The highest BCUT2D eigenvalue weighted by atomic mass is 32.2. The third-order valence-corrected chi connectivity index (χ3v) is 9.67. The highest BCUT2D eigenvalue weighted by Crippen LogP contribution is 2.34. The standard InChI is InChI=1S/C26H30FN3O5S2/c1-2-34-20-9-12-23-24(15-20)36-26(28-23)30(17-21-6-4-14-35-21)25(31)18-5-3-13-29(16-18)37(32,33)22-10-7-19(27)8-11-22/h7-12,15,18,21H,2-6,13-14,16-17H2,1H3. The van der Waals surface area contributed by atoms with Crippen LogP contribution < -0.4 is 9.64 Å². The summed E-state index contributed by atoms with van der Waals surface area (Å²) < 4.78 is 53.5. The van der Waals surface area contributed by atoms with Crippen LogP contribution in [0.1, 0.15) is 32.6 Å². The molecule has 5 rings (SSSR count). The van der Waals surface area contributed by atoms with Gasteiger partial charge in [-0.25, -0.2) is 17.8 Å². The van der Waals surface area contributed by atoms with E-state index in [0.29, 0.717) is 44.3 Å². The van der Waals surface area contributed by atoms with E-state index in [9.17, 15) is 17.6 Å². The van der Waals surface area contributed by atoms with Crippen LogP contribution in [0.5, 0.6) is 5.75 Å². The fourth-order valence-corrected chi connectivity index (χ4v) is 7.39. The average Bonchev–Trinajstić information content (AvgIpc) is 3.57. The molecule has 2 aromatic carbocycles. The molecule has 3 aromatic rings. The van der Waals surface area contributed by atoms with E-state index in [-0.39, 0.29) is 23.5 Å². The Bertz CT molecular complexity index is 1360. The molecule has 0 bridgehead atoms. The Balaban J connectivity index is 1.41. The number of sulfonamides is 1. The predicted molar refractivity (Wildman–Crippen MR) is 140 cm³/mol. The lowest BCUT2D eigenvalue weighted by Gasteiger charge is -2.34. The minimum absolute atomic E-state index is 0.0227. The molecule has 3 heterocycles. The number of thiazole rings is 1. The molecule has 0 aliphatic carbocycles. The molecular weight excluding hydrogens is 517 g/mol. The Morgan fingerprint density at radius 2 is 2.03 bits per heavy atom. The van der Waals surface area contributed by atoms with Crippen molar-refractivity contribution in [1.82, 2.24) is 9.29 Å². The van der Waals surface area contributed by atoms with E-state index in [4.69, 9.17) is 14.5 Å². The number of hydrogen-bond acceptors (Lipinski definition) is 7. The number of piperidine rings is 1. The van der Waals surface area contributed by atoms with E-state index in [2.05, 4.69) is 0 Å². The van der Waals surface area contributed by atoms with Gasteiger partial charge < -0.3 is 9.47 Å². The van der Waals surface area contributed by atoms with Gasteiger partial charge in [0, 0.05) is 19.7 Å². The number of fused-ring (bicyclic) bond motifs is 1. The molecule has 2 fully saturated rings. The Kier molecular flexibility index (Phi) is 7.75. The van der Waals surface area contributed by atoms with Gasteiger partial charge in [-0.05, 0) is 75.1 Å². The zero-order valence-electron chi connectivity index (χ0n) is 20.6. The van der Waals surface area contributed by atoms with Gasteiger partial charge in [0.2, 0.25) is 15.9 Å². The SMILES string of the molecule is CCOc1ccc2nc(N(CC3CCCO3)C(=O)C3CCCN(S(=O)(=O)c4ccc(F)cc4)C3)sc2c1. The van der Waals surface area contributed by atoms with E-state index in [0.717, 1.165) is 40.9 Å². The van der Waals surface area contributed by atoms with Gasteiger partial charge >= 0.3 is 0 Å². The molecular formula is C26H30FN3O5S2. The molecule has 8 nitrogen and oxygen atoms in total. The number of rotatable bonds is 8. The van der Waals surface area contributed by atoms with Gasteiger partial charge in [0.1, 0.15) is 11.6 Å². The fourth-order valence-electron chi connectivity index (χ4n) is 4.86. The minimum atomic E-state index is -3.84. The van der Waals surface area contributed by atoms with Crippen LogP contribution in [0.15, 0.2) is 47.4 Å². The van der Waals surface area contributed by atoms with Crippen LogP contribution >= 0.6 is 11.3 Å². The van der Waals surface area contributed by atoms with Crippen molar-refractivity contribution in [2.24, 2.45) is 5.92 Å². The van der Waals surface area contributed by atoms with E-state index < -0.39 is 21.8 Å². The first-order valence-corrected chi connectivity index (χ1v) is 14.8. The molecule has 0 radical (unpaired) electrons. The summed E-state index contributed by atoms with van der Waals surface area (Å²) in [5, 5.41) is 0.572. The molecule has 2 aliphatic rings. The summed E-state index contributed by atoms with van der Waals surface area (Å²) in [5.41, 5.74) is 0.776. The van der Waals surface area contributed by atoms with E-state index in [1.165, 1.54) is 27.8 Å². The van der Waals surface area contributed by atoms with Crippen molar-refractivity contribution in [2.45, 2.75) is 43.6 Å². The Morgan fingerprint density at radius 3 is 2.76 bits per heavy atom. The third-order valence-electron chi connectivity index (χ3n) is 6.75. The van der Waals surface area contributed by atoms with E-state index in [1.807, 2.05) is 25.1 Å². The molecule has 1 amide bonds. The fraction of sp³-hybridized carbons (Fsp3) is 0.462. The van der Waals surface area contributed by atoms with Crippen molar-refractivity contribution >= 4 is 42.6 Å². The monoisotopic (exact) mass is 547 g/mol. The van der Waals surface area contributed by atoms with Crippen LogP contribution in [-0.4, -0.2) is 62.6 Å². The lowest BCUT2D eigenvalue weighted by atomic mass is 9.98. The zero-order valence-corrected chi connectivity index (χ0v) is 22.3. The summed E-state index contributed by atoms with van der Waals surface area (Å²) in [6.07, 6.45) is 2.85. The smallest absolute Gasteiger partial charge is 0.243 e. The molecule has 0 spiro atoms. The molecule has 2 atom stereocenters. The second kappa shape index (κ2) is 11.0. The Morgan fingerprint density at radius 1 is 1.22 bits per heavy atom. The first-order valence-electron chi connectivity index (χ1n) is 12.6. The van der Waals surface area contributed by atoms with Gasteiger partial charge in [-0.1, -0.05) is 11.3 Å². The predicted octanol–water partition coefficient (Wildman–Crippen LogP) is 4.45. The summed E-state index contributed by atoms with van der Waals surface area (Å²) >= 11 is 1.42. The molecule has 11 heteroatoms. The summed E-state index contributed by atoms with van der Waals surface area (Å²) in [4.78, 5) is 20.4. The third kappa shape index (κ3) is 5.64. The second-order valence-corrected chi connectivity index (χ2v) is 12.2. The molecule has 198 valence electrons. The number of benzene rings is 2. The topological polar surface area (TPSA) is 89.0 Å². The second-order valence-electron chi connectivity index (χ2n) is 9.30. The lowest BCUT2D eigenvalue weighted by Crippen LogP contribution is -2.48. The minimum Gasteiger partial charge on any atom is -0.494 e. The van der Waals surface area contributed by atoms with Gasteiger partial charge in [-0.15, -0.1) is 0 Å². The highest BCUT2D eigenvalue weighted by molar-refractivity contribution is 7.89. The maximum absolute atomic E-state index is 13.9. The van der Waals surface area contributed by atoms with Crippen molar-refractivity contribution in [3.8, 4) is 5.75 Å². The summed E-state index contributed by atoms with van der Waals surface area (Å²) in [6, 6.07) is 10.5. The molecule has 2 aliphatic heterocycles. The zero-order chi connectivity index (χ0) is 26.0. The average molecular weight is 548 g/mol. The van der Waals surface area contributed by atoms with Crippen LogP contribution in [0.2, 0.25) is 0 Å². The van der Waals surface area contributed by atoms with Crippen molar-refractivity contribution in [3.05, 3.63) is 48.3 Å². The quantitative estimate of drug-likeness (QED) is 0.414. The highest BCUT2D eigenvalue weighted by Gasteiger charge is 2.37. The van der Waals surface area contributed by atoms with Crippen LogP contribution in [0, 0.1) is 11.7 Å². The molecule has 1 aromatic heterocycles.